The lowest BCUT2D eigenvalue weighted by Gasteiger charge is -2.18. The maximum absolute atomic E-state index is 5.67. The van der Waals surface area contributed by atoms with Gasteiger partial charge in [-0.2, -0.15) is 4.98 Å². The number of aromatic nitrogens is 2. The second-order valence-electron chi connectivity index (χ2n) is 4.79. The Morgan fingerprint density at radius 2 is 2.10 bits per heavy atom. The summed E-state index contributed by atoms with van der Waals surface area (Å²) in [7, 11) is 1.92. The van der Waals surface area contributed by atoms with Crippen molar-refractivity contribution in [3.63, 3.8) is 0 Å². The van der Waals surface area contributed by atoms with Gasteiger partial charge in [0.05, 0.1) is 6.10 Å². The van der Waals surface area contributed by atoms with Crippen LogP contribution in [0.4, 0.5) is 11.6 Å². The van der Waals surface area contributed by atoms with E-state index in [-0.39, 0.29) is 6.10 Å². The molecule has 0 aliphatic carbocycles. The molecular formula is C15H20N4O. The van der Waals surface area contributed by atoms with Crippen molar-refractivity contribution in [3.8, 4) is 5.88 Å². The molecule has 0 fully saturated rings. The second-order valence-corrected chi connectivity index (χ2v) is 4.79. The van der Waals surface area contributed by atoms with Gasteiger partial charge in [-0.1, -0.05) is 12.1 Å². The van der Waals surface area contributed by atoms with E-state index in [1.54, 1.807) is 12.3 Å². The molecule has 0 saturated heterocycles. The van der Waals surface area contributed by atoms with Crippen molar-refractivity contribution in [2.75, 3.05) is 11.9 Å². The molecule has 20 heavy (non-hydrogen) atoms. The quantitative estimate of drug-likeness (QED) is 0.906. The van der Waals surface area contributed by atoms with Gasteiger partial charge < -0.3 is 15.4 Å². The normalized spacial score (nSPS) is 10.7. The van der Waals surface area contributed by atoms with Crippen LogP contribution in [0.15, 0.2) is 36.5 Å². The largest absolute Gasteiger partial charge is 0.475 e. The topological polar surface area (TPSA) is 64.3 Å². The van der Waals surface area contributed by atoms with Crippen molar-refractivity contribution in [3.05, 3.63) is 42.1 Å². The summed E-state index contributed by atoms with van der Waals surface area (Å²) in [6.45, 7) is 4.45. The Balaban J connectivity index is 2.25. The predicted octanol–water partition coefficient (Wildman–Crippen LogP) is 2.49. The minimum absolute atomic E-state index is 0.0867. The van der Waals surface area contributed by atoms with Gasteiger partial charge in [0, 0.05) is 31.5 Å². The molecule has 0 aliphatic heterocycles. The van der Waals surface area contributed by atoms with E-state index in [0.29, 0.717) is 18.4 Å². The van der Waals surface area contributed by atoms with Crippen molar-refractivity contribution in [1.82, 2.24) is 9.97 Å². The van der Waals surface area contributed by atoms with Crippen molar-refractivity contribution in [1.29, 1.82) is 0 Å². The van der Waals surface area contributed by atoms with Gasteiger partial charge in [0.15, 0.2) is 0 Å². The Morgan fingerprint density at radius 1 is 1.30 bits per heavy atom. The molecule has 5 nitrogen and oxygen atoms in total. The molecule has 2 rings (SSSR count). The molecule has 0 spiro atoms. The lowest BCUT2D eigenvalue weighted by atomic mass is 10.2. The van der Waals surface area contributed by atoms with Crippen molar-refractivity contribution in [2.24, 2.45) is 5.73 Å². The standard InChI is InChI=1S/C15H20N4O/c1-11(2)20-14-7-8-17-15(18-14)19(3)13-6-4-5-12(9-13)10-16/h4-9,11H,10,16H2,1-3H3. The Bertz CT molecular complexity index is 571. The van der Waals surface area contributed by atoms with E-state index in [1.165, 1.54) is 0 Å². The molecular weight excluding hydrogens is 252 g/mol. The molecule has 0 unspecified atom stereocenters. The number of rotatable bonds is 5. The smallest absolute Gasteiger partial charge is 0.232 e. The highest BCUT2D eigenvalue weighted by atomic mass is 16.5. The lowest BCUT2D eigenvalue weighted by molar-refractivity contribution is 0.232. The van der Waals surface area contributed by atoms with Crippen molar-refractivity contribution < 1.29 is 4.74 Å². The highest BCUT2D eigenvalue weighted by Crippen LogP contribution is 2.22. The first-order chi connectivity index (χ1) is 9.60. The third-order valence-electron chi connectivity index (χ3n) is 2.81. The fourth-order valence-corrected chi connectivity index (χ4v) is 1.81. The monoisotopic (exact) mass is 272 g/mol. The summed E-state index contributed by atoms with van der Waals surface area (Å²) < 4.78 is 5.59. The molecule has 0 amide bonds. The third kappa shape index (κ3) is 3.45. The Kier molecular flexibility index (Phi) is 4.53. The van der Waals surface area contributed by atoms with E-state index >= 15 is 0 Å². The summed E-state index contributed by atoms with van der Waals surface area (Å²) in [5, 5.41) is 0. The summed E-state index contributed by atoms with van der Waals surface area (Å²) >= 11 is 0. The van der Waals surface area contributed by atoms with Gasteiger partial charge in [0.1, 0.15) is 0 Å². The van der Waals surface area contributed by atoms with Crippen LogP contribution in [-0.2, 0) is 6.54 Å². The first-order valence-corrected chi connectivity index (χ1v) is 6.62. The number of nitrogens with two attached hydrogens (primary N) is 1. The fraction of sp³-hybridized carbons (Fsp3) is 0.333. The zero-order valence-electron chi connectivity index (χ0n) is 12.1. The van der Waals surface area contributed by atoms with Gasteiger partial charge in [0.25, 0.3) is 0 Å². The van der Waals surface area contributed by atoms with E-state index in [9.17, 15) is 0 Å². The summed E-state index contributed by atoms with van der Waals surface area (Å²) in [6.07, 6.45) is 1.78. The number of nitrogens with zero attached hydrogens (tertiary/aromatic N) is 3. The minimum atomic E-state index is 0.0867. The van der Waals surface area contributed by atoms with E-state index in [4.69, 9.17) is 10.5 Å². The average molecular weight is 272 g/mol. The van der Waals surface area contributed by atoms with Crippen LogP contribution in [0.2, 0.25) is 0 Å². The summed E-state index contributed by atoms with van der Waals surface area (Å²) in [6, 6.07) is 9.75. The van der Waals surface area contributed by atoms with Gasteiger partial charge in [-0.15, -0.1) is 0 Å². The number of hydrogen-bond acceptors (Lipinski definition) is 5. The highest BCUT2D eigenvalue weighted by molar-refractivity contribution is 5.57. The van der Waals surface area contributed by atoms with Crippen LogP contribution in [0, 0.1) is 0 Å². The summed E-state index contributed by atoms with van der Waals surface area (Å²) in [5.41, 5.74) is 7.73. The van der Waals surface area contributed by atoms with Crippen LogP contribution in [0.1, 0.15) is 19.4 Å². The van der Waals surface area contributed by atoms with Gasteiger partial charge in [0.2, 0.25) is 11.8 Å². The van der Waals surface area contributed by atoms with Crippen LogP contribution in [0.3, 0.4) is 0 Å². The zero-order chi connectivity index (χ0) is 14.5. The van der Waals surface area contributed by atoms with Crippen molar-refractivity contribution >= 4 is 11.6 Å². The Morgan fingerprint density at radius 3 is 2.80 bits per heavy atom. The third-order valence-corrected chi connectivity index (χ3v) is 2.81. The summed E-state index contributed by atoms with van der Waals surface area (Å²) in [4.78, 5) is 10.6. The molecule has 5 heteroatoms. The Hall–Kier alpha value is -2.14. The lowest BCUT2D eigenvalue weighted by Crippen LogP contribution is -2.15. The van der Waals surface area contributed by atoms with Gasteiger partial charge >= 0.3 is 0 Å². The molecule has 0 saturated carbocycles. The molecule has 2 N–H and O–H groups in total. The van der Waals surface area contributed by atoms with E-state index < -0.39 is 0 Å². The zero-order valence-corrected chi connectivity index (χ0v) is 12.1. The van der Waals surface area contributed by atoms with E-state index in [1.807, 2.05) is 50.1 Å². The van der Waals surface area contributed by atoms with Crippen LogP contribution in [0.5, 0.6) is 5.88 Å². The number of benzene rings is 1. The van der Waals surface area contributed by atoms with Crippen LogP contribution in [0.25, 0.3) is 0 Å². The first-order valence-electron chi connectivity index (χ1n) is 6.62. The molecule has 0 bridgehead atoms. The van der Waals surface area contributed by atoms with Gasteiger partial charge in [-0.05, 0) is 31.5 Å². The average Bonchev–Trinajstić information content (AvgIpc) is 2.46. The summed E-state index contributed by atoms with van der Waals surface area (Å²) in [5.74, 6) is 1.17. The molecule has 106 valence electrons. The van der Waals surface area contributed by atoms with Crippen molar-refractivity contribution in [2.45, 2.75) is 26.5 Å². The SMILES string of the molecule is CC(C)Oc1ccnc(N(C)c2cccc(CN)c2)n1. The maximum atomic E-state index is 5.67. The molecule has 0 atom stereocenters. The predicted molar refractivity (Wildman–Crippen MR) is 80.2 cm³/mol. The van der Waals surface area contributed by atoms with Crippen LogP contribution in [-0.4, -0.2) is 23.1 Å². The number of hydrogen-bond donors (Lipinski definition) is 1. The molecule has 1 aromatic heterocycles. The second kappa shape index (κ2) is 6.34. The molecule has 2 aromatic rings. The first kappa shape index (κ1) is 14.3. The number of ether oxygens (including phenoxy) is 1. The fourth-order valence-electron chi connectivity index (χ4n) is 1.81. The minimum Gasteiger partial charge on any atom is -0.475 e. The Labute approximate surface area is 119 Å². The molecule has 0 radical (unpaired) electrons. The molecule has 1 aromatic carbocycles. The van der Waals surface area contributed by atoms with Crippen LogP contribution < -0.4 is 15.4 Å². The number of anilines is 2. The van der Waals surface area contributed by atoms with E-state index in [2.05, 4.69) is 9.97 Å². The molecule has 1 heterocycles. The highest BCUT2D eigenvalue weighted by Gasteiger charge is 2.09. The van der Waals surface area contributed by atoms with E-state index in [0.717, 1.165) is 11.3 Å². The van der Waals surface area contributed by atoms with Gasteiger partial charge in [-0.25, -0.2) is 4.98 Å². The molecule has 0 aliphatic rings. The maximum Gasteiger partial charge on any atom is 0.232 e. The van der Waals surface area contributed by atoms with Crippen LogP contribution >= 0.6 is 0 Å². The van der Waals surface area contributed by atoms with Gasteiger partial charge in [-0.3, -0.25) is 0 Å².